The number of carbonyl (C=O) groups is 2. The number of nitrogens with zero attached hydrogens (tertiary/aromatic N) is 1. The molecule has 0 radical (unpaired) electrons. The first-order valence-corrected chi connectivity index (χ1v) is 12.8. The normalized spacial score (nSPS) is 12.2. The molecule has 1 amide bonds. The summed E-state index contributed by atoms with van der Waals surface area (Å²) in [5, 5.41) is 13.1. The van der Waals surface area contributed by atoms with Gasteiger partial charge in [0.05, 0.1) is 44.5 Å². The summed E-state index contributed by atoms with van der Waals surface area (Å²) in [6.45, 7) is 1.20. The molecule has 11 nitrogen and oxygen atoms in total. The average Bonchev–Trinajstić information content (AvgIpc) is 2.89. The van der Waals surface area contributed by atoms with Crippen molar-refractivity contribution in [3.63, 3.8) is 0 Å². The minimum atomic E-state index is -4.75. The molecule has 0 saturated carbocycles. The molecule has 0 aromatic heterocycles. The summed E-state index contributed by atoms with van der Waals surface area (Å²) in [6, 6.07) is 9.88. The van der Waals surface area contributed by atoms with E-state index < -0.39 is 55.2 Å². The number of benzene rings is 3. The number of hydrogen-bond donors (Lipinski definition) is 2. The van der Waals surface area contributed by atoms with Crippen LogP contribution in [0.4, 0.5) is 30.2 Å². The van der Waals surface area contributed by atoms with E-state index in [1.165, 1.54) is 32.2 Å². The van der Waals surface area contributed by atoms with Crippen LogP contribution in [0.2, 0.25) is 5.02 Å². The number of nitrogens with one attached hydrogen (secondary N) is 2. The Hall–Kier alpha value is -4.37. The molecule has 0 aliphatic rings. The second-order valence-electron chi connectivity index (χ2n) is 8.00. The molecule has 2 N–H and O–H groups in total. The van der Waals surface area contributed by atoms with E-state index in [0.717, 1.165) is 30.3 Å². The number of amides is 1. The van der Waals surface area contributed by atoms with Crippen LogP contribution in [0.5, 0.6) is 5.75 Å². The van der Waals surface area contributed by atoms with Gasteiger partial charge >= 0.3 is 12.1 Å². The zero-order valence-electron chi connectivity index (χ0n) is 20.5. The van der Waals surface area contributed by atoms with E-state index in [9.17, 15) is 41.3 Å². The predicted octanol–water partition coefficient (Wildman–Crippen LogP) is 5.26. The number of ether oxygens (including phenoxy) is 2. The topological polar surface area (TPSA) is 154 Å². The van der Waals surface area contributed by atoms with E-state index in [1.54, 1.807) is 0 Å². The second kappa shape index (κ2) is 11.8. The summed E-state index contributed by atoms with van der Waals surface area (Å²) < 4.78 is 76.9. The molecule has 3 rings (SSSR count). The Labute approximate surface area is 230 Å². The SMILES string of the molecule is COc1ccc([N+](=O)[O-])cc1NC(=O)[C@H](C)OC(=O)c1cccc(S(=O)(=O)Nc2cc(C(F)(F)F)ccc2Cl)c1. The number of alkyl halides is 3. The number of sulfonamides is 1. The lowest BCUT2D eigenvalue weighted by Crippen LogP contribution is -2.30. The van der Waals surface area contributed by atoms with Crippen molar-refractivity contribution in [2.75, 3.05) is 17.1 Å². The van der Waals surface area contributed by atoms with Crippen LogP contribution in [0.15, 0.2) is 65.6 Å². The zero-order valence-corrected chi connectivity index (χ0v) is 22.1. The average molecular weight is 602 g/mol. The Morgan fingerprint density at radius 2 is 1.75 bits per heavy atom. The highest BCUT2D eigenvalue weighted by Gasteiger charge is 2.31. The molecule has 0 spiro atoms. The number of esters is 1. The summed E-state index contributed by atoms with van der Waals surface area (Å²) in [4.78, 5) is 35.1. The van der Waals surface area contributed by atoms with Crippen molar-refractivity contribution in [2.24, 2.45) is 0 Å². The number of anilines is 2. The van der Waals surface area contributed by atoms with Crippen molar-refractivity contribution < 1.29 is 45.6 Å². The molecule has 1 atom stereocenters. The summed E-state index contributed by atoms with van der Waals surface area (Å²) in [5.74, 6) is -1.89. The number of halogens is 4. The molecule has 212 valence electrons. The number of nitro benzene ring substituents is 1. The third-order valence-electron chi connectivity index (χ3n) is 5.22. The van der Waals surface area contributed by atoms with E-state index in [1.807, 2.05) is 4.72 Å². The molecule has 40 heavy (non-hydrogen) atoms. The monoisotopic (exact) mass is 601 g/mol. The van der Waals surface area contributed by atoms with Crippen LogP contribution in [-0.2, 0) is 25.7 Å². The van der Waals surface area contributed by atoms with Crippen molar-refractivity contribution in [2.45, 2.75) is 24.1 Å². The van der Waals surface area contributed by atoms with Gasteiger partial charge in [0.25, 0.3) is 21.6 Å². The lowest BCUT2D eigenvalue weighted by atomic mass is 10.2. The largest absolute Gasteiger partial charge is 0.495 e. The van der Waals surface area contributed by atoms with Crippen LogP contribution >= 0.6 is 11.6 Å². The Balaban J connectivity index is 1.76. The van der Waals surface area contributed by atoms with Gasteiger partial charge < -0.3 is 14.8 Å². The van der Waals surface area contributed by atoms with Crippen LogP contribution in [-0.4, -0.2) is 38.4 Å². The molecular formula is C24H19ClF3N3O8S. The second-order valence-corrected chi connectivity index (χ2v) is 10.1. The molecule has 0 saturated heterocycles. The summed E-state index contributed by atoms with van der Waals surface area (Å²) in [5.41, 5.74) is -2.37. The van der Waals surface area contributed by atoms with Crippen LogP contribution in [0.3, 0.4) is 0 Å². The molecule has 0 fully saturated rings. The molecule has 0 aliphatic carbocycles. The third-order valence-corrected chi connectivity index (χ3v) is 6.92. The molecule has 3 aromatic carbocycles. The summed E-state index contributed by atoms with van der Waals surface area (Å²) in [6.07, 6.45) is -6.20. The van der Waals surface area contributed by atoms with Crippen molar-refractivity contribution >= 4 is 50.6 Å². The predicted molar refractivity (Wildman–Crippen MR) is 137 cm³/mol. The number of rotatable bonds is 9. The Bertz CT molecular complexity index is 1580. The first-order chi connectivity index (χ1) is 18.6. The van der Waals surface area contributed by atoms with Gasteiger partial charge in [-0.05, 0) is 49.4 Å². The van der Waals surface area contributed by atoms with E-state index in [2.05, 4.69) is 5.32 Å². The van der Waals surface area contributed by atoms with Gasteiger partial charge in [-0.3, -0.25) is 19.6 Å². The van der Waals surface area contributed by atoms with Crippen LogP contribution in [0.1, 0.15) is 22.8 Å². The molecule has 0 bridgehead atoms. The number of non-ortho nitro benzene ring substituents is 1. The highest BCUT2D eigenvalue weighted by molar-refractivity contribution is 7.92. The number of hydrogen-bond acceptors (Lipinski definition) is 8. The lowest BCUT2D eigenvalue weighted by Gasteiger charge is -2.16. The van der Waals surface area contributed by atoms with Crippen LogP contribution in [0, 0.1) is 10.1 Å². The van der Waals surface area contributed by atoms with Gasteiger partial charge in [-0.15, -0.1) is 0 Å². The first kappa shape index (κ1) is 30.2. The Kier molecular flexibility index (Phi) is 8.90. The minimum absolute atomic E-state index is 0.0583. The van der Waals surface area contributed by atoms with E-state index >= 15 is 0 Å². The third kappa shape index (κ3) is 7.18. The van der Waals surface area contributed by atoms with Crippen molar-refractivity contribution in [3.8, 4) is 5.75 Å². The van der Waals surface area contributed by atoms with Gasteiger partial charge in [0.2, 0.25) is 0 Å². The summed E-state index contributed by atoms with van der Waals surface area (Å²) >= 11 is 5.86. The highest BCUT2D eigenvalue weighted by Crippen LogP contribution is 2.35. The van der Waals surface area contributed by atoms with Gasteiger partial charge in [0.15, 0.2) is 6.10 Å². The van der Waals surface area contributed by atoms with E-state index in [-0.39, 0.29) is 27.7 Å². The minimum Gasteiger partial charge on any atom is -0.495 e. The molecule has 0 heterocycles. The van der Waals surface area contributed by atoms with Gasteiger partial charge in [-0.1, -0.05) is 17.7 Å². The maximum absolute atomic E-state index is 13.0. The fourth-order valence-electron chi connectivity index (χ4n) is 3.20. The first-order valence-electron chi connectivity index (χ1n) is 11.0. The number of carbonyl (C=O) groups excluding carboxylic acids is 2. The quantitative estimate of drug-likeness (QED) is 0.191. The molecule has 3 aromatic rings. The van der Waals surface area contributed by atoms with Gasteiger partial charge in [0.1, 0.15) is 5.75 Å². The number of methoxy groups -OCH3 is 1. The van der Waals surface area contributed by atoms with Gasteiger partial charge in [-0.2, -0.15) is 13.2 Å². The van der Waals surface area contributed by atoms with Gasteiger partial charge in [0, 0.05) is 12.1 Å². The Morgan fingerprint density at radius 3 is 2.38 bits per heavy atom. The smallest absolute Gasteiger partial charge is 0.416 e. The molecule has 16 heteroatoms. The molecule has 0 aliphatic heterocycles. The maximum Gasteiger partial charge on any atom is 0.416 e. The van der Waals surface area contributed by atoms with Gasteiger partial charge in [-0.25, -0.2) is 13.2 Å². The Morgan fingerprint density at radius 1 is 1.05 bits per heavy atom. The van der Waals surface area contributed by atoms with Crippen molar-refractivity contribution in [3.05, 3.63) is 86.9 Å². The lowest BCUT2D eigenvalue weighted by molar-refractivity contribution is -0.384. The summed E-state index contributed by atoms with van der Waals surface area (Å²) in [7, 11) is -3.24. The fourth-order valence-corrected chi connectivity index (χ4v) is 4.53. The molecular weight excluding hydrogens is 583 g/mol. The van der Waals surface area contributed by atoms with Crippen molar-refractivity contribution in [1.29, 1.82) is 0 Å². The molecule has 0 unspecified atom stereocenters. The van der Waals surface area contributed by atoms with Crippen LogP contribution in [0.25, 0.3) is 0 Å². The van der Waals surface area contributed by atoms with Crippen LogP contribution < -0.4 is 14.8 Å². The van der Waals surface area contributed by atoms with Crippen molar-refractivity contribution in [1.82, 2.24) is 0 Å². The maximum atomic E-state index is 13.0. The number of nitro groups is 1. The van der Waals surface area contributed by atoms with E-state index in [0.29, 0.717) is 12.1 Å². The standard InChI is InChI=1S/C24H19ClF3N3O8S/c1-13(22(32)29-20-12-16(31(34)35)7-9-21(20)38-2)39-23(33)14-4-3-5-17(10-14)40(36,37)30-19-11-15(24(26,27)28)6-8-18(19)25/h3-13,30H,1-2H3,(H,29,32)/t13-/m0/s1. The fraction of sp³-hybridized carbons (Fsp3) is 0.167. The highest BCUT2D eigenvalue weighted by atomic mass is 35.5. The van der Waals surface area contributed by atoms with E-state index in [4.69, 9.17) is 21.1 Å². The zero-order chi connectivity index (χ0) is 29.8.